The third-order valence-corrected chi connectivity index (χ3v) is 2.63. The third-order valence-electron chi connectivity index (χ3n) is 2.63. The molecule has 1 fully saturated rings. The van der Waals surface area contributed by atoms with Crippen molar-refractivity contribution in [3.05, 3.63) is 23.9 Å². The van der Waals surface area contributed by atoms with E-state index in [9.17, 15) is 4.79 Å². The molecule has 1 amide bonds. The molecule has 0 aromatic heterocycles. The summed E-state index contributed by atoms with van der Waals surface area (Å²) in [6.45, 7) is 7.47. The summed E-state index contributed by atoms with van der Waals surface area (Å²) >= 11 is 0. The maximum atomic E-state index is 11.3. The van der Waals surface area contributed by atoms with Crippen LogP contribution in [0.4, 0.5) is 0 Å². The van der Waals surface area contributed by atoms with Crippen LogP contribution in [0.15, 0.2) is 23.9 Å². The molecule has 17 heavy (non-hydrogen) atoms. The van der Waals surface area contributed by atoms with Gasteiger partial charge in [-0.25, -0.2) is 0 Å². The molecule has 0 saturated carbocycles. The Hall–Kier alpha value is -1.25. The SMILES string of the molecule is [B]=C(C=C(NC(=O)CC)C(=C)C)NC1C[B]C1. The molecule has 0 unspecified atom stereocenters. The second-order valence-electron chi connectivity index (χ2n) is 4.30. The van der Waals surface area contributed by atoms with Crippen molar-refractivity contribution in [2.75, 3.05) is 0 Å². The first-order valence-corrected chi connectivity index (χ1v) is 5.91. The van der Waals surface area contributed by atoms with Gasteiger partial charge >= 0.3 is 105 Å². The molecule has 3 nitrogen and oxygen atoms in total. The first-order chi connectivity index (χ1) is 8.02. The Morgan fingerprint density at radius 2 is 2.24 bits per heavy atom. The third kappa shape index (κ3) is 4.63. The monoisotopic (exact) mass is 228 g/mol. The molecule has 1 aliphatic rings. The second-order valence-corrected chi connectivity index (χ2v) is 4.30. The van der Waals surface area contributed by atoms with E-state index >= 15 is 0 Å². The van der Waals surface area contributed by atoms with Crippen LogP contribution in [0.2, 0.25) is 12.6 Å². The molecule has 0 aromatic rings. The van der Waals surface area contributed by atoms with Gasteiger partial charge in [0.1, 0.15) is 0 Å². The van der Waals surface area contributed by atoms with Crippen molar-refractivity contribution in [2.45, 2.75) is 39.0 Å². The Morgan fingerprint density at radius 1 is 1.59 bits per heavy atom. The van der Waals surface area contributed by atoms with Gasteiger partial charge in [-0.05, 0) is 0 Å². The molecule has 0 bridgehead atoms. The minimum atomic E-state index is -0.0379. The van der Waals surface area contributed by atoms with Gasteiger partial charge in [0.05, 0.1) is 0 Å². The quantitative estimate of drug-likeness (QED) is 0.521. The zero-order chi connectivity index (χ0) is 12.8. The number of allylic oxidation sites excluding steroid dienone is 1. The molecule has 2 radical (unpaired) electrons. The van der Waals surface area contributed by atoms with Crippen LogP contribution < -0.4 is 10.6 Å². The summed E-state index contributed by atoms with van der Waals surface area (Å²) in [5.74, 6) is -0.0379. The molecule has 1 rings (SSSR count). The number of nitrogens with one attached hydrogen (secondary N) is 2. The molecule has 0 aliphatic carbocycles. The average Bonchev–Trinajstić information content (AvgIpc) is 2.22. The van der Waals surface area contributed by atoms with Gasteiger partial charge in [0.2, 0.25) is 0 Å². The normalized spacial score (nSPS) is 15.5. The fourth-order valence-electron chi connectivity index (χ4n) is 1.39. The first-order valence-electron chi connectivity index (χ1n) is 5.91. The van der Waals surface area contributed by atoms with Gasteiger partial charge in [-0.1, -0.05) is 0 Å². The predicted octanol–water partition coefficient (Wildman–Crippen LogP) is 0.784. The fraction of sp³-hybridized carbons (Fsp3) is 0.500. The molecule has 0 spiro atoms. The Bertz CT molecular complexity index is 360. The molecule has 0 aromatic carbocycles. The zero-order valence-corrected chi connectivity index (χ0v) is 10.5. The van der Waals surface area contributed by atoms with E-state index in [1.165, 1.54) is 0 Å². The molecule has 1 saturated heterocycles. The topological polar surface area (TPSA) is 41.1 Å². The van der Waals surface area contributed by atoms with E-state index in [1.807, 2.05) is 6.92 Å². The van der Waals surface area contributed by atoms with Crippen molar-refractivity contribution in [1.29, 1.82) is 0 Å². The summed E-state index contributed by atoms with van der Waals surface area (Å²) in [5, 5.41) is 5.97. The summed E-state index contributed by atoms with van der Waals surface area (Å²) in [6, 6.07) is 0.430. The van der Waals surface area contributed by atoms with Crippen molar-refractivity contribution in [3.8, 4) is 0 Å². The van der Waals surface area contributed by atoms with Crippen LogP contribution in [-0.4, -0.2) is 32.3 Å². The zero-order valence-electron chi connectivity index (χ0n) is 10.5. The Morgan fingerprint density at radius 3 is 2.65 bits per heavy atom. The summed E-state index contributed by atoms with van der Waals surface area (Å²) in [4.78, 5) is 11.3. The van der Waals surface area contributed by atoms with Crippen molar-refractivity contribution >= 4 is 26.3 Å². The van der Waals surface area contributed by atoms with Gasteiger partial charge in [-0.3, -0.25) is 0 Å². The van der Waals surface area contributed by atoms with Crippen LogP contribution in [0.25, 0.3) is 0 Å². The van der Waals surface area contributed by atoms with Gasteiger partial charge < -0.3 is 0 Å². The molecule has 88 valence electrons. The minimum absolute atomic E-state index is 0.0379. The first kappa shape index (κ1) is 13.8. The van der Waals surface area contributed by atoms with Crippen LogP contribution in [0.1, 0.15) is 20.3 Å². The molecule has 0 atom stereocenters. The van der Waals surface area contributed by atoms with Crippen LogP contribution in [-0.2, 0) is 4.79 Å². The number of hydrogen-bond acceptors (Lipinski definition) is 2. The Balaban J connectivity index is 2.57. The number of carbonyl (C=O) groups excluding carboxylic acids is 1. The van der Waals surface area contributed by atoms with Crippen LogP contribution >= 0.6 is 0 Å². The van der Waals surface area contributed by atoms with Crippen molar-refractivity contribution in [3.63, 3.8) is 0 Å². The summed E-state index contributed by atoms with van der Waals surface area (Å²) in [6.07, 6.45) is 4.25. The van der Waals surface area contributed by atoms with Gasteiger partial charge in [-0.2, -0.15) is 0 Å². The van der Waals surface area contributed by atoms with Gasteiger partial charge in [-0.15, -0.1) is 0 Å². The maximum absolute atomic E-state index is 11.3. The van der Waals surface area contributed by atoms with Crippen LogP contribution in [0.3, 0.4) is 0 Å². The second kappa shape index (κ2) is 6.48. The average molecular weight is 228 g/mol. The molecule has 1 aliphatic heterocycles. The van der Waals surface area contributed by atoms with E-state index in [4.69, 9.17) is 7.49 Å². The van der Waals surface area contributed by atoms with Gasteiger partial charge in [0.25, 0.3) is 0 Å². The van der Waals surface area contributed by atoms with Gasteiger partial charge in [0.15, 0.2) is 0 Å². The molecule has 2 N–H and O–H groups in total. The molecular formula is C12H18B2N2O. The fourth-order valence-corrected chi connectivity index (χ4v) is 1.39. The number of amides is 1. The van der Waals surface area contributed by atoms with E-state index in [0.29, 0.717) is 23.7 Å². The summed E-state index contributed by atoms with van der Waals surface area (Å²) in [5.41, 5.74) is 2.03. The van der Waals surface area contributed by atoms with Crippen LogP contribution in [0, 0.1) is 0 Å². The predicted molar refractivity (Wildman–Crippen MR) is 74.4 cm³/mol. The molecular weight excluding hydrogens is 210 g/mol. The molecule has 5 heteroatoms. The Labute approximate surface area is 105 Å². The van der Waals surface area contributed by atoms with E-state index in [2.05, 4.69) is 24.5 Å². The van der Waals surface area contributed by atoms with E-state index in [0.717, 1.165) is 18.2 Å². The summed E-state index contributed by atoms with van der Waals surface area (Å²) < 4.78 is 0. The Kier molecular flexibility index (Phi) is 5.26. The van der Waals surface area contributed by atoms with Crippen molar-refractivity contribution in [2.24, 2.45) is 0 Å². The van der Waals surface area contributed by atoms with Crippen molar-refractivity contribution in [1.82, 2.24) is 10.6 Å². The standard InChI is InChI=1S/C12H18B2N2O/c1-4-12(17)16-10(8(2)3)5-11(13)15-9-6-14-7-9/h5,9,15H,2,4,6-7H2,1,3H3,(H,16,17). The van der Waals surface area contributed by atoms with Crippen LogP contribution in [0.5, 0.6) is 0 Å². The summed E-state index contributed by atoms with van der Waals surface area (Å²) in [7, 11) is 8.06. The van der Waals surface area contributed by atoms with Gasteiger partial charge in [0, 0.05) is 0 Å². The molecule has 1 heterocycles. The van der Waals surface area contributed by atoms with E-state index < -0.39 is 0 Å². The number of hydrogen-bond donors (Lipinski definition) is 2. The van der Waals surface area contributed by atoms with E-state index in [1.54, 1.807) is 13.0 Å². The number of rotatable bonds is 6. The number of carbonyl (C=O) groups is 1. The van der Waals surface area contributed by atoms with E-state index in [-0.39, 0.29) is 5.91 Å². The van der Waals surface area contributed by atoms with Crippen molar-refractivity contribution < 1.29 is 4.79 Å².